The second-order valence-corrected chi connectivity index (χ2v) is 7.08. The number of morpholine rings is 1. The summed E-state index contributed by atoms with van der Waals surface area (Å²) < 4.78 is 13.2. The van der Waals surface area contributed by atoms with E-state index in [1.54, 1.807) is 0 Å². The van der Waals surface area contributed by atoms with Gasteiger partial charge in [0.2, 0.25) is 0 Å². The first kappa shape index (κ1) is 17.2. The highest BCUT2D eigenvalue weighted by Gasteiger charge is 2.13. The van der Waals surface area contributed by atoms with Crippen molar-refractivity contribution >= 4 is 31.9 Å². The van der Waals surface area contributed by atoms with Gasteiger partial charge in [-0.15, -0.1) is 0 Å². The lowest BCUT2D eigenvalue weighted by molar-refractivity contribution is 0.0321. The molecule has 0 spiro atoms. The summed E-state index contributed by atoms with van der Waals surface area (Å²) in [6, 6.07) is 4.31. The van der Waals surface area contributed by atoms with Gasteiger partial charge >= 0.3 is 0 Å². The molecule has 6 heteroatoms. The molecule has 1 unspecified atom stereocenters. The summed E-state index contributed by atoms with van der Waals surface area (Å²) in [7, 11) is 0. The molecule has 1 aromatic rings. The number of halogens is 2. The Morgan fingerprint density at radius 2 is 1.90 bits per heavy atom. The topological polar surface area (TPSA) is 47.7 Å². The van der Waals surface area contributed by atoms with Crippen molar-refractivity contribution in [3.8, 4) is 5.75 Å². The van der Waals surface area contributed by atoms with E-state index in [1.165, 1.54) is 5.56 Å². The summed E-state index contributed by atoms with van der Waals surface area (Å²) in [5.41, 5.74) is 7.05. The largest absolute Gasteiger partial charge is 0.490 e. The van der Waals surface area contributed by atoms with E-state index in [-0.39, 0.29) is 6.04 Å². The van der Waals surface area contributed by atoms with Crippen molar-refractivity contribution in [2.75, 3.05) is 39.5 Å². The van der Waals surface area contributed by atoms with Crippen LogP contribution in [0.3, 0.4) is 0 Å². The normalized spacial score (nSPS) is 17.7. The van der Waals surface area contributed by atoms with Crippen molar-refractivity contribution in [2.45, 2.75) is 19.4 Å². The molecule has 1 fully saturated rings. The molecule has 1 heterocycles. The summed E-state index contributed by atoms with van der Waals surface area (Å²) in [5, 5.41) is 0. The van der Waals surface area contributed by atoms with Crippen molar-refractivity contribution in [2.24, 2.45) is 5.73 Å². The highest BCUT2D eigenvalue weighted by molar-refractivity contribution is 9.11. The Hall–Kier alpha value is -0.140. The van der Waals surface area contributed by atoms with Gasteiger partial charge in [-0.1, -0.05) is 0 Å². The van der Waals surface area contributed by atoms with Gasteiger partial charge in [-0.2, -0.15) is 0 Å². The standard InChI is InChI=1S/C15H22Br2N2O2/c1-11(18)8-12-9-13(16)15(14(17)10-12)21-7-4-19-2-5-20-6-3-19/h9-11H,2-8,18H2,1H3. The molecule has 0 amide bonds. The van der Waals surface area contributed by atoms with Gasteiger partial charge in [0.05, 0.1) is 22.2 Å². The fraction of sp³-hybridized carbons (Fsp3) is 0.600. The maximum absolute atomic E-state index is 5.92. The van der Waals surface area contributed by atoms with Crippen LogP contribution in [-0.2, 0) is 11.2 Å². The number of rotatable bonds is 6. The molecule has 0 radical (unpaired) electrons. The first-order valence-corrected chi connectivity index (χ1v) is 8.81. The molecule has 1 saturated heterocycles. The third-order valence-corrected chi connectivity index (χ3v) is 4.55. The summed E-state index contributed by atoms with van der Waals surface area (Å²) in [4.78, 5) is 2.36. The number of nitrogens with zero attached hydrogens (tertiary/aromatic N) is 1. The van der Waals surface area contributed by atoms with Gasteiger partial charge in [-0.25, -0.2) is 0 Å². The predicted molar refractivity (Wildman–Crippen MR) is 91.9 cm³/mol. The van der Waals surface area contributed by atoms with Crippen LogP contribution >= 0.6 is 31.9 Å². The molecular formula is C15H22Br2N2O2. The maximum atomic E-state index is 5.92. The average Bonchev–Trinajstić information content (AvgIpc) is 2.42. The molecule has 0 bridgehead atoms. The van der Waals surface area contributed by atoms with Crippen molar-refractivity contribution in [3.63, 3.8) is 0 Å². The van der Waals surface area contributed by atoms with E-state index in [0.29, 0.717) is 6.61 Å². The Kier molecular flexibility index (Phi) is 6.95. The van der Waals surface area contributed by atoms with E-state index in [0.717, 1.165) is 54.0 Å². The number of hydrogen-bond acceptors (Lipinski definition) is 4. The van der Waals surface area contributed by atoms with Gasteiger partial charge in [-0.3, -0.25) is 4.90 Å². The van der Waals surface area contributed by atoms with E-state index < -0.39 is 0 Å². The van der Waals surface area contributed by atoms with E-state index >= 15 is 0 Å². The number of hydrogen-bond donors (Lipinski definition) is 1. The molecule has 2 rings (SSSR count). The van der Waals surface area contributed by atoms with Crippen LogP contribution in [0.15, 0.2) is 21.1 Å². The summed E-state index contributed by atoms with van der Waals surface area (Å²) in [6.07, 6.45) is 0.852. The van der Waals surface area contributed by atoms with Crippen LogP contribution in [0.2, 0.25) is 0 Å². The minimum atomic E-state index is 0.150. The van der Waals surface area contributed by atoms with E-state index in [1.807, 2.05) is 6.92 Å². The molecule has 0 aromatic heterocycles. The summed E-state index contributed by atoms with van der Waals surface area (Å²) >= 11 is 7.17. The Morgan fingerprint density at radius 3 is 2.48 bits per heavy atom. The minimum Gasteiger partial charge on any atom is -0.490 e. The SMILES string of the molecule is CC(N)Cc1cc(Br)c(OCCN2CCOCC2)c(Br)c1. The monoisotopic (exact) mass is 420 g/mol. The molecule has 4 nitrogen and oxygen atoms in total. The molecule has 1 aliphatic rings. The Labute approximate surface area is 143 Å². The number of nitrogens with two attached hydrogens (primary N) is 1. The van der Waals surface area contributed by atoms with Gasteiger partial charge in [0.15, 0.2) is 0 Å². The zero-order valence-corrected chi connectivity index (χ0v) is 15.5. The Balaban J connectivity index is 1.90. The van der Waals surface area contributed by atoms with Crippen LogP contribution in [0.5, 0.6) is 5.75 Å². The summed E-state index contributed by atoms with van der Waals surface area (Å²) in [6.45, 7) is 7.21. The third kappa shape index (κ3) is 5.53. The van der Waals surface area contributed by atoms with E-state index in [9.17, 15) is 0 Å². The number of benzene rings is 1. The van der Waals surface area contributed by atoms with Crippen LogP contribution in [0, 0.1) is 0 Å². The molecule has 1 aliphatic heterocycles. The van der Waals surface area contributed by atoms with Gasteiger partial charge in [-0.05, 0) is 62.9 Å². The van der Waals surface area contributed by atoms with Crippen molar-refractivity contribution in [3.05, 3.63) is 26.6 Å². The van der Waals surface area contributed by atoms with Gasteiger partial charge in [0.1, 0.15) is 12.4 Å². The fourth-order valence-corrected chi connectivity index (χ4v) is 3.85. The van der Waals surface area contributed by atoms with Crippen molar-refractivity contribution in [1.82, 2.24) is 4.90 Å². The van der Waals surface area contributed by atoms with Crippen LogP contribution in [0.4, 0.5) is 0 Å². The molecule has 0 aliphatic carbocycles. The molecule has 2 N–H and O–H groups in total. The fourth-order valence-electron chi connectivity index (χ4n) is 2.34. The zero-order valence-electron chi connectivity index (χ0n) is 12.3. The predicted octanol–water partition coefficient (Wildman–Crippen LogP) is 2.81. The lowest BCUT2D eigenvalue weighted by Gasteiger charge is -2.26. The minimum absolute atomic E-state index is 0.150. The smallest absolute Gasteiger partial charge is 0.147 e. The van der Waals surface area contributed by atoms with E-state index in [2.05, 4.69) is 48.9 Å². The molecule has 118 valence electrons. The second kappa shape index (κ2) is 8.48. The Bertz CT molecular complexity index is 440. The lowest BCUT2D eigenvalue weighted by atomic mass is 10.1. The highest BCUT2D eigenvalue weighted by Crippen LogP contribution is 2.35. The van der Waals surface area contributed by atoms with Crippen LogP contribution in [-0.4, -0.2) is 50.4 Å². The number of ether oxygens (including phenoxy) is 2. The van der Waals surface area contributed by atoms with Crippen LogP contribution in [0.1, 0.15) is 12.5 Å². The van der Waals surface area contributed by atoms with E-state index in [4.69, 9.17) is 15.2 Å². The second-order valence-electron chi connectivity index (χ2n) is 5.37. The quantitative estimate of drug-likeness (QED) is 0.767. The maximum Gasteiger partial charge on any atom is 0.147 e. The lowest BCUT2D eigenvalue weighted by Crippen LogP contribution is -2.38. The zero-order chi connectivity index (χ0) is 15.2. The first-order chi connectivity index (χ1) is 10.1. The van der Waals surface area contributed by atoms with Crippen molar-refractivity contribution in [1.29, 1.82) is 0 Å². The molecule has 1 atom stereocenters. The molecule has 21 heavy (non-hydrogen) atoms. The molecule has 0 saturated carbocycles. The highest BCUT2D eigenvalue weighted by atomic mass is 79.9. The molecule has 1 aromatic carbocycles. The average molecular weight is 422 g/mol. The first-order valence-electron chi connectivity index (χ1n) is 7.22. The molecular weight excluding hydrogens is 400 g/mol. The van der Waals surface area contributed by atoms with Gasteiger partial charge in [0.25, 0.3) is 0 Å². The Morgan fingerprint density at radius 1 is 1.29 bits per heavy atom. The summed E-state index contributed by atoms with van der Waals surface area (Å²) in [5.74, 6) is 0.858. The van der Waals surface area contributed by atoms with Gasteiger partial charge in [0, 0.05) is 25.7 Å². The van der Waals surface area contributed by atoms with Crippen molar-refractivity contribution < 1.29 is 9.47 Å². The van der Waals surface area contributed by atoms with Crippen LogP contribution in [0.25, 0.3) is 0 Å². The third-order valence-electron chi connectivity index (χ3n) is 3.37. The van der Waals surface area contributed by atoms with Gasteiger partial charge < -0.3 is 15.2 Å². The van der Waals surface area contributed by atoms with Crippen LogP contribution < -0.4 is 10.5 Å².